The molecular weight excluding hydrogens is 344 g/mol. The van der Waals surface area contributed by atoms with Gasteiger partial charge in [0.05, 0.1) is 18.8 Å². The van der Waals surface area contributed by atoms with E-state index in [0.29, 0.717) is 30.0 Å². The fraction of sp³-hybridized carbons (Fsp3) is 0.250. The molecule has 1 atom stereocenters. The fourth-order valence-corrected chi connectivity index (χ4v) is 3.91. The van der Waals surface area contributed by atoms with Gasteiger partial charge >= 0.3 is 6.03 Å². The summed E-state index contributed by atoms with van der Waals surface area (Å²) < 4.78 is 7.57. The fourth-order valence-electron chi connectivity index (χ4n) is 3.91. The van der Waals surface area contributed by atoms with Crippen LogP contribution in [0.5, 0.6) is 5.75 Å². The zero-order chi connectivity index (χ0) is 18.6. The Hall–Kier alpha value is -3.35. The van der Waals surface area contributed by atoms with Crippen LogP contribution in [0.1, 0.15) is 23.2 Å². The average Bonchev–Trinajstić information content (AvgIpc) is 3.16. The van der Waals surface area contributed by atoms with Gasteiger partial charge in [0.2, 0.25) is 0 Å². The molecule has 1 N–H and O–H groups in total. The summed E-state index contributed by atoms with van der Waals surface area (Å²) in [5.41, 5.74) is 2.22. The summed E-state index contributed by atoms with van der Waals surface area (Å²) in [4.78, 5) is 31.7. The van der Waals surface area contributed by atoms with Crippen LogP contribution in [0.2, 0.25) is 0 Å². The molecule has 5 rings (SSSR count). The number of imidazole rings is 1. The average molecular weight is 362 g/mol. The zero-order valence-electron chi connectivity index (χ0n) is 14.8. The van der Waals surface area contributed by atoms with Crippen LogP contribution in [0.4, 0.5) is 4.79 Å². The molecule has 0 aliphatic carbocycles. The second-order valence-electron chi connectivity index (χ2n) is 7.03. The van der Waals surface area contributed by atoms with Crippen LogP contribution >= 0.6 is 0 Å². The van der Waals surface area contributed by atoms with Gasteiger partial charge in [0.1, 0.15) is 11.4 Å². The molecule has 7 nitrogen and oxygen atoms in total. The normalized spacial score (nSPS) is 21.4. The number of urea groups is 1. The molecule has 3 amide bonds. The molecule has 136 valence electrons. The van der Waals surface area contributed by atoms with E-state index in [1.54, 1.807) is 0 Å². The van der Waals surface area contributed by atoms with Crippen molar-refractivity contribution in [2.45, 2.75) is 25.4 Å². The van der Waals surface area contributed by atoms with E-state index in [0.717, 1.165) is 11.2 Å². The number of fused-ring (bicyclic) bond motifs is 3. The number of nitrogens with one attached hydrogen (secondary N) is 1. The van der Waals surface area contributed by atoms with Gasteiger partial charge in [-0.2, -0.15) is 0 Å². The lowest BCUT2D eigenvalue weighted by atomic mass is 9.84. The number of aryl methyl sites for hydroxylation is 1. The van der Waals surface area contributed by atoms with E-state index in [2.05, 4.69) is 10.3 Å². The zero-order valence-corrected chi connectivity index (χ0v) is 14.8. The molecule has 3 aromatic rings. The summed E-state index contributed by atoms with van der Waals surface area (Å²) in [7, 11) is 0. The Bertz CT molecular complexity index is 1090. The second-order valence-corrected chi connectivity index (χ2v) is 7.03. The van der Waals surface area contributed by atoms with E-state index in [9.17, 15) is 9.59 Å². The first-order chi connectivity index (χ1) is 13.1. The molecular formula is C20H18N4O3. The summed E-state index contributed by atoms with van der Waals surface area (Å²) >= 11 is 0. The molecule has 0 radical (unpaired) electrons. The number of aromatic nitrogens is 2. The minimum absolute atomic E-state index is 0.135. The molecule has 27 heavy (non-hydrogen) atoms. The molecule has 1 spiro atoms. The minimum Gasteiger partial charge on any atom is -0.493 e. The number of benzene rings is 1. The highest BCUT2D eigenvalue weighted by atomic mass is 16.5. The van der Waals surface area contributed by atoms with Crippen molar-refractivity contribution in [1.29, 1.82) is 0 Å². The van der Waals surface area contributed by atoms with E-state index in [4.69, 9.17) is 4.74 Å². The van der Waals surface area contributed by atoms with Crippen molar-refractivity contribution in [2.24, 2.45) is 0 Å². The van der Waals surface area contributed by atoms with Crippen molar-refractivity contribution in [3.8, 4) is 5.75 Å². The summed E-state index contributed by atoms with van der Waals surface area (Å²) in [6, 6.07) is 10.9. The number of pyridine rings is 1. The van der Waals surface area contributed by atoms with Crippen LogP contribution in [0.3, 0.4) is 0 Å². The van der Waals surface area contributed by atoms with Gasteiger partial charge in [-0.15, -0.1) is 0 Å². The Balaban J connectivity index is 1.50. The van der Waals surface area contributed by atoms with Gasteiger partial charge in [-0.3, -0.25) is 9.69 Å². The van der Waals surface area contributed by atoms with Crippen molar-refractivity contribution >= 4 is 17.6 Å². The lowest BCUT2D eigenvalue weighted by Crippen LogP contribution is -2.47. The van der Waals surface area contributed by atoms with Crippen molar-refractivity contribution in [3.05, 3.63) is 65.6 Å². The number of rotatable bonds is 2. The van der Waals surface area contributed by atoms with E-state index in [1.807, 2.05) is 60.1 Å². The van der Waals surface area contributed by atoms with Gasteiger partial charge in [0.25, 0.3) is 5.91 Å². The number of para-hydroxylation sites is 1. The van der Waals surface area contributed by atoms with Crippen molar-refractivity contribution in [2.75, 3.05) is 6.61 Å². The van der Waals surface area contributed by atoms with E-state index in [1.165, 1.54) is 4.90 Å². The summed E-state index contributed by atoms with van der Waals surface area (Å²) in [6.07, 6.45) is 4.23. The minimum atomic E-state index is -1.05. The van der Waals surface area contributed by atoms with Crippen LogP contribution in [-0.2, 0) is 16.9 Å². The molecule has 4 heterocycles. The molecule has 0 unspecified atom stereocenters. The largest absolute Gasteiger partial charge is 0.493 e. The predicted octanol–water partition coefficient (Wildman–Crippen LogP) is 2.37. The topological polar surface area (TPSA) is 75.9 Å². The quantitative estimate of drug-likeness (QED) is 0.710. The Morgan fingerprint density at radius 1 is 1.19 bits per heavy atom. The van der Waals surface area contributed by atoms with Crippen LogP contribution in [0.15, 0.2) is 48.8 Å². The summed E-state index contributed by atoms with van der Waals surface area (Å²) in [6.45, 7) is 2.52. The lowest BCUT2D eigenvalue weighted by molar-refractivity contribution is -0.133. The molecule has 1 fully saturated rings. The van der Waals surface area contributed by atoms with Crippen LogP contribution in [0.25, 0.3) is 5.65 Å². The number of carbonyl (C=O) groups excluding carboxylic acids is 2. The Morgan fingerprint density at radius 3 is 2.93 bits per heavy atom. The number of amides is 3. The maximum absolute atomic E-state index is 13.3. The third-order valence-corrected chi connectivity index (χ3v) is 5.23. The number of ether oxygens (including phenoxy) is 1. The summed E-state index contributed by atoms with van der Waals surface area (Å²) in [5.74, 6) is 0.388. The predicted molar refractivity (Wildman–Crippen MR) is 97.2 cm³/mol. The highest BCUT2D eigenvalue weighted by Crippen LogP contribution is 2.41. The number of imide groups is 1. The highest BCUT2D eigenvalue weighted by molar-refractivity contribution is 6.07. The highest BCUT2D eigenvalue weighted by Gasteiger charge is 2.54. The Labute approximate surface area is 155 Å². The number of hydrogen-bond acceptors (Lipinski definition) is 4. The first-order valence-corrected chi connectivity index (χ1v) is 8.87. The van der Waals surface area contributed by atoms with Gasteiger partial charge in [0.15, 0.2) is 5.54 Å². The van der Waals surface area contributed by atoms with Crippen molar-refractivity contribution in [3.63, 3.8) is 0 Å². The Morgan fingerprint density at radius 2 is 2.04 bits per heavy atom. The standard InChI is InChI=1S/C20H18N4O3/c1-13-6-7-17-21-14(11-23(17)10-13)12-24-18(25)20(22-19(24)26)8-9-27-16-5-3-2-4-15(16)20/h2-7,10-11H,8-9,12H2,1H3,(H,22,26)/t20-/m1/s1. The van der Waals surface area contributed by atoms with Gasteiger partial charge in [0, 0.05) is 24.4 Å². The molecule has 0 saturated carbocycles. The maximum Gasteiger partial charge on any atom is 0.325 e. The summed E-state index contributed by atoms with van der Waals surface area (Å²) in [5, 5.41) is 2.91. The van der Waals surface area contributed by atoms with Crippen LogP contribution < -0.4 is 10.1 Å². The van der Waals surface area contributed by atoms with E-state index < -0.39 is 11.6 Å². The van der Waals surface area contributed by atoms with E-state index in [-0.39, 0.29) is 12.5 Å². The molecule has 2 aromatic heterocycles. The molecule has 2 aliphatic rings. The number of nitrogens with zero attached hydrogens (tertiary/aromatic N) is 3. The SMILES string of the molecule is Cc1ccc2nc(CN3C(=O)N[C@@]4(CCOc5ccccc54)C3=O)cn2c1. The molecule has 1 aromatic carbocycles. The van der Waals surface area contributed by atoms with Gasteiger partial charge in [-0.1, -0.05) is 24.3 Å². The van der Waals surface area contributed by atoms with Gasteiger partial charge < -0.3 is 14.5 Å². The smallest absolute Gasteiger partial charge is 0.325 e. The third-order valence-electron chi connectivity index (χ3n) is 5.23. The molecule has 1 saturated heterocycles. The van der Waals surface area contributed by atoms with Gasteiger partial charge in [-0.05, 0) is 24.6 Å². The second kappa shape index (κ2) is 5.57. The monoisotopic (exact) mass is 362 g/mol. The first-order valence-electron chi connectivity index (χ1n) is 8.87. The maximum atomic E-state index is 13.3. The first kappa shape index (κ1) is 15.9. The van der Waals surface area contributed by atoms with Gasteiger partial charge in [-0.25, -0.2) is 9.78 Å². The molecule has 2 aliphatic heterocycles. The third kappa shape index (κ3) is 2.31. The molecule has 7 heteroatoms. The van der Waals surface area contributed by atoms with E-state index >= 15 is 0 Å². The van der Waals surface area contributed by atoms with Crippen LogP contribution in [-0.4, -0.2) is 32.8 Å². The number of carbonyl (C=O) groups is 2. The molecule has 0 bridgehead atoms. The van der Waals surface area contributed by atoms with Crippen LogP contribution in [0, 0.1) is 6.92 Å². The van der Waals surface area contributed by atoms with Crippen molar-refractivity contribution in [1.82, 2.24) is 19.6 Å². The van der Waals surface area contributed by atoms with Crippen molar-refractivity contribution < 1.29 is 14.3 Å². The number of hydrogen-bond donors (Lipinski definition) is 1. The Kier molecular flexibility index (Phi) is 3.28. The lowest BCUT2D eigenvalue weighted by Gasteiger charge is -2.33.